The summed E-state index contributed by atoms with van der Waals surface area (Å²) in [6, 6.07) is 0. The van der Waals surface area contributed by atoms with Gasteiger partial charge < -0.3 is 4.90 Å². The third-order valence-electron chi connectivity index (χ3n) is 1.39. The second-order valence-corrected chi connectivity index (χ2v) is 2.50. The molecule has 0 aromatic rings. The largest absolute Gasteiger partial charge is 0.318 e. The second kappa shape index (κ2) is 3.84. The van der Waals surface area contributed by atoms with Gasteiger partial charge in [-0.1, -0.05) is 6.58 Å². The lowest BCUT2D eigenvalue weighted by Gasteiger charge is -2.06. The molecule has 1 saturated heterocycles. The molecule has 1 heterocycles. The summed E-state index contributed by atoms with van der Waals surface area (Å²) in [5, 5.41) is -0.317. The SMILES string of the molecule is C=CN1CCC(Cl)C1=O.Cl. The molecular formula is C6H9Cl2NO. The molecule has 0 saturated carbocycles. The van der Waals surface area contributed by atoms with E-state index in [0.717, 1.165) is 13.0 Å². The highest BCUT2D eigenvalue weighted by atomic mass is 35.5. The summed E-state index contributed by atoms with van der Waals surface area (Å²) in [4.78, 5) is 12.4. The summed E-state index contributed by atoms with van der Waals surface area (Å²) in [5.74, 6) is -0.0216. The Labute approximate surface area is 71.2 Å². The fraction of sp³-hybridized carbons (Fsp3) is 0.500. The van der Waals surface area contributed by atoms with Gasteiger partial charge in [0.05, 0.1) is 0 Å². The van der Waals surface area contributed by atoms with Crippen LogP contribution in [0.3, 0.4) is 0 Å². The molecule has 2 nitrogen and oxygen atoms in total. The van der Waals surface area contributed by atoms with Crippen LogP contribution in [0.4, 0.5) is 0 Å². The lowest BCUT2D eigenvalue weighted by molar-refractivity contribution is -0.125. The van der Waals surface area contributed by atoms with Crippen molar-refractivity contribution in [3.05, 3.63) is 12.8 Å². The van der Waals surface area contributed by atoms with Crippen LogP contribution in [0, 0.1) is 0 Å². The highest BCUT2D eigenvalue weighted by Crippen LogP contribution is 2.15. The molecule has 4 heteroatoms. The molecular weight excluding hydrogens is 173 g/mol. The minimum Gasteiger partial charge on any atom is -0.318 e. The Morgan fingerprint density at radius 2 is 2.40 bits per heavy atom. The summed E-state index contributed by atoms with van der Waals surface area (Å²) in [5.41, 5.74) is 0. The number of halogens is 2. The Kier molecular flexibility index (Phi) is 3.76. The summed E-state index contributed by atoms with van der Waals surface area (Å²) in [7, 11) is 0. The molecule has 0 bridgehead atoms. The van der Waals surface area contributed by atoms with E-state index >= 15 is 0 Å². The average Bonchev–Trinajstić information content (AvgIpc) is 2.15. The zero-order valence-electron chi connectivity index (χ0n) is 5.42. The number of nitrogens with zero attached hydrogens (tertiary/aromatic N) is 1. The van der Waals surface area contributed by atoms with Crippen molar-refractivity contribution < 1.29 is 4.79 Å². The van der Waals surface area contributed by atoms with Crippen LogP contribution in [0.1, 0.15) is 6.42 Å². The number of alkyl halides is 1. The normalized spacial score (nSPS) is 24.3. The molecule has 1 unspecified atom stereocenters. The van der Waals surface area contributed by atoms with Crippen molar-refractivity contribution in [3.8, 4) is 0 Å². The number of carbonyl (C=O) groups excluding carboxylic acids is 1. The van der Waals surface area contributed by atoms with Crippen molar-refractivity contribution in [2.24, 2.45) is 0 Å². The topological polar surface area (TPSA) is 20.3 Å². The summed E-state index contributed by atoms with van der Waals surface area (Å²) < 4.78 is 0. The molecule has 58 valence electrons. The minimum atomic E-state index is -0.317. The lowest BCUT2D eigenvalue weighted by atomic mass is 10.4. The predicted octanol–water partition coefficient (Wildman–Crippen LogP) is 1.39. The van der Waals surface area contributed by atoms with Gasteiger partial charge in [0.15, 0.2) is 0 Å². The molecule has 1 atom stereocenters. The van der Waals surface area contributed by atoms with E-state index in [-0.39, 0.29) is 23.7 Å². The van der Waals surface area contributed by atoms with Crippen molar-refractivity contribution in [3.63, 3.8) is 0 Å². The maximum atomic E-state index is 10.9. The van der Waals surface area contributed by atoms with E-state index in [1.165, 1.54) is 11.1 Å². The molecule has 1 rings (SSSR count). The van der Waals surface area contributed by atoms with Crippen LogP contribution in [0.5, 0.6) is 0 Å². The van der Waals surface area contributed by atoms with Crippen LogP contribution in [0.25, 0.3) is 0 Å². The van der Waals surface area contributed by atoms with Crippen molar-refractivity contribution in [2.75, 3.05) is 6.54 Å². The Morgan fingerprint density at radius 3 is 2.60 bits per heavy atom. The van der Waals surface area contributed by atoms with Crippen molar-refractivity contribution in [1.29, 1.82) is 0 Å². The van der Waals surface area contributed by atoms with Crippen LogP contribution in [-0.4, -0.2) is 22.7 Å². The van der Waals surface area contributed by atoms with E-state index < -0.39 is 0 Å². The quantitative estimate of drug-likeness (QED) is 0.561. The number of hydrogen-bond acceptors (Lipinski definition) is 1. The maximum Gasteiger partial charge on any atom is 0.244 e. The first-order chi connectivity index (χ1) is 4.25. The predicted molar refractivity (Wildman–Crippen MR) is 43.4 cm³/mol. The van der Waals surface area contributed by atoms with Crippen molar-refractivity contribution in [1.82, 2.24) is 4.90 Å². The van der Waals surface area contributed by atoms with Crippen LogP contribution in [0.15, 0.2) is 12.8 Å². The van der Waals surface area contributed by atoms with Gasteiger partial charge in [0.2, 0.25) is 5.91 Å². The molecule has 0 aromatic heterocycles. The summed E-state index contributed by atoms with van der Waals surface area (Å²) >= 11 is 5.60. The van der Waals surface area contributed by atoms with Gasteiger partial charge in [-0.2, -0.15) is 0 Å². The molecule has 0 aromatic carbocycles. The Balaban J connectivity index is 0.000000810. The summed E-state index contributed by atoms with van der Waals surface area (Å²) in [6.45, 7) is 4.19. The Bertz CT molecular complexity index is 149. The molecule has 0 N–H and O–H groups in total. The van der Waals surface area contributed by atoms with E-state index in [0.29, 0.717) is 0 Å². The minimum absolute atomic E-state index is 0. The van der Waals surface area contributed by atoms with Crippen molar-refractivity contribution >= 4 is 29.9 Å². The van der Waals surface area contributed by atoms with Crippen molar-refractivity contribution in [2.45, 2.75) is 11.8 Å². The highest BCUT2D eigenvalue weighted by Gasteiger charge is 2.27. The van der Waals surface area contributed by atoms with E-state index in [9.17, 15) is 4.79 Å². The second-order valence-electron chi connectivity index (χ2n) is 1.97. The van der Waals surface area contributed by atoms with Crippen LogP contribution in [-0.2, 0) is 4.79 Å². The number of rotatable bonds is 1. The molecule has 0 radical (unpaired) electrons. The first-order valence-corrected chi connectivity index (χ1v) is 3.26. The van der Waals surface area contributed by atoms with Crippen LogP contribution >= 0.6 is 24.0 Å². The van der Waals surface area contributed by atoms with Gasteiger partial charge >= 0.3 is 0 Å². The smallest absolute Gasteiger partial charge is 0.244 e. The van der Waals surface area contributed by atoms with Gasteiger partial charge in [0.25, 0.3) is 0 Å². The zero-order valence-corrected chi connectivity index (χ0v) is 6.99. The van der Waals surface area contributed by atoms with E-state index in [4.69, 9.17) is 11.6 Å². The molecule has 0 spiro atoms. The highest BCUT2D eigenvalue weighted by molar-refractivity contribution is 6.31. The number of amides is 1. The number of hydrogen-bond donors (Lipinski definition) is 0. The fourth-order valence-corrected chi connectivity index (χ4v) is 1.07. The standard InChI is InChI=1S/C6H8ClNO.ClH/c1-2-8-4-3-5(7)6(8)9;/h2,5H,1,3-4H2;1H. The fourth-order valence-electron chi connectivity index (χ4n) is 0.847. The number of likely N-dealkylation sites (tertiary alicyclic amines) is 1. The van der Waals surface area contributed by atoms with Gasteiger partial charge in [-0.25, -0.2) is 0 Å². The maximum absolute atomic E-state index is 10.9. The molecule has 1 amide bonds. The monoisotopic (exact) mass is 181 g/mol. The van der Waals surface area contributed by atoms with Crippen LogP contribution in [0.2, 0.25) is 0 Å². The zero-order chi connectivity index (χ0) is 6.85. The molecule has 0 aliphatic carbocycles. The third-order valence-corrected chi connectivity index (χ3v) is 1.80. The van der Waals surface area contributed by atoms with Gasteiger partial charge in [0, 0.05) is 6.54 Å². The van der Waals surface area contributed by atoms with Crippen LogP contribution < -0.4 is 0 Å². The van der Waals surface area contributed by atoms with Gasteiger partial charge in [0.1, 0.15) is 5.38 Å². The first-order valence-electron chi connectivity index (χ1n) is 2.83. The van der Waals surface area contributed by atoms with E-state index in [2.05, 4.69) is 6.58 Å². The first kappa shape index (κ1) is 9.79. The van der Waals surface area contributed by atoms with Gasteiger partial charge in [-0.3, -0.25) is 4.79 Å². The Hall–Kier alpha value is -0.210. The lowest BCUT2D eigenvalue weighted by Crippen LogP contribution is -2.21. The van der Waals surface area contributed by atoms with E-state index in [1.54, 1.807) is 0 Å². The third kappa shape index (κ3) is 1.64. The molecule has 1 fully saturated rings. The molecule has 1 aliphatic rings. The Morgan fingerprint density at radius 1 is 1.80 bits per heavy atom. The van der Waals surface area contributed by atoms with Gasteiger partial charge in [-0.15, -0.1) is 24.0 Å². The van der Waals surface area contributed by atoms with Gasteiger partial charge in [-0.05, 0) is 12.6 Å². The summed E-state index contributed by atoms with van der Waals surface area (Å²) in [6.07, 6.45) is 2.26. The molecule has 1 aliphatic heterocycles. The number of carbonyl (C=O) groups is 1. The average molecular weight is 182 g/mol. The molecule has 10 heavy (non-hydrogen) atoms. The van der Waals surface area contributed by atoms with E-state index in [1.807, 2.05) is 0 Å².